The molecule has 2 amide bonds. The summed E-state index contributed by atoms with van der Waals surface area (Å²) in [6.45, 7) is 0.405. The fourth-order valence-electron chi connectivity index (χ4n) is 3.26. The van der Waals surface area contributed by atoms with Crippen molar-refractivity contribution in [3.05, 3.63) is 54.1 Å². The topological polar surface area (TPSA) is 128 Å². The van der Waals surface area contributed by atoms with Crippen molar-refractivity contribution in [3.8, 4) is 11.5 Å². The van der Waals surface area contributed by atoms with Gasteiger partial charge in [0.25, 0.3) is 11.8 Å². The number of benzene rings is 2. The lowest BCUT2D eigenvalue weighted by atomic mass is 10.1. The fourth-order valence-corrected chi connectivity index (χ4v) is 4.73. The first kappa shape index (κ1) is 22.6. The number of carbonyl (C=O) groups excluding carboxylic acids is 2. The summed E-state index contributed by atoms with van der Waals surface area (Å²) in [6, 6.07) is 12.5. The summed E-state index contributed by atoms with van der Waals surface area (Å²) in [4.78, 5) is 23.4. The summed E-state index contributed by atoms with van der Waals surface area (Å²) >= 11 is 0. The molecule has 1 aliphatic rings. The number of carbonyl (C=O) groups is 2. The second-order valence-corrected chi connectivity index (χ2v) is 9.04. The molecule has 2 aromatic carbocycles. The number of rotatable bonds is 8. The van der Waals surface area contributed by atoms with Gasteiger partial charge in [-0.2, -0.15) is 4.31 Å². The summed E-state index contributed by atoms with van der Waals surface area (Å²) in [7, 11) is -2.07. The number of amides is 2. The van der Waals surface area contributed by atoms with E-state index in [1.165, 1.54) is 23.5 Å². The molecule has 1 heterocycles. The molecule has 0 aromatic heterocycles. The van der Waals surface area contributed by atoms with Gasteiger partial charge in [0.1, 0.15) is 11.5 Å². The molecule has 0 unspecified atom stereocenters. The van der Waals surface area contributed by atoms with Gasteiger partial charge in [0.2, 0.25) is 10.0 Å². The average molecular weight is 448 g/mol. The minimum Gasteiger partial charge on any atom is -0.497 e. The van der Waals surface area contributed by atoms with Gasteiger partial charge in [-0.25, -0.2) is 8.42 Å². The predicted octanol–water partition coefficient (Wildman–Crippen LogP) is 1.14. The molecule has 1 fully saturated rings. The third-order valence-corrected chi connectivity index (χ3v) is 6.90. The summed E-state index contributed by atoms with van der Waals surface area (Å²) < 4.78 is 37.3. The molecule has 0 radical (unpaired) electrons. The molecule has 3 N–H and O–H groups in total. The normalized spacial score (nSPS) is 15.3. The predicted molar refractivity (Wildman–Crippen MR) is 113 cm³/mol. The van der Waals surface area contributed by atoms with Crippen LogP contribution < -0.4 is 20.5 Å². The lowest BCUT2D eigenvalue weighted by molar-refractivity contribution is -0.119. The minimum atomic E-state index is -3.59. The Hall–Kier alpha value is -3.11. The number of nitrogens with one attached hydrogen (secondary N) is 1. The van der Waals surface area contributed by atoms with E-state index in [2.05, 4.69) is 5.32 Å². The maximum atomic E-state index is 12.8. The van der Waals surface area contributed by atoms with Crippen molar-refractivity contribution in [2.45, 2.75) is 23.8 Å². The molecule has 0 aliphatic carbocycles. The Morgan fingerprint density at radius 2 is 1.61 bits per heavy atom. The van der Waals surface area contributed by atoms with Crippen LogP contribution in [0.25, 0.3) is 0 Å². The highest BCUT2D eigenvalue weighted by Crippen LogP contribution is 2.23. The SMILES string of the molecule is COc1ccc(S(=O)(=O)N2CCC(NC(=O)c3ccc(OCC(N)=O)cc3)CC2)cc1. The first-order chi connectivity index (χ1) is 14.8. The van der Waals surface area contributed by atoms with E-state index in [9.17, 15) is 18.0 Å². The smallest absolute Gasteiger partial charge is 0.255 e. The van der Waals surface area contributed by atoms with Gasteiger partial charge in [0, 0.05) is 24.7 Å². The van der Waals surface area contributed by atoms with E-state index in [0.29, 0.717) is 43.0 Å². The van der Waals surface area contributed by atoms with Gasteiger partial charge in [0.15, 0.2) is 6.61 Å². The van der Waals surface area contributed by atoms with E-state index in [-0.39, 0.29) is 23.5 Å². The maximum absolute atomic E-state index is 12.8. The number of piperidine rings is 1. The van der Waals surface area contributed by atoms with Crippen LogP contribution >= 0.6 is 0 Å². The second-order valence-electron chi connectivity index (χ2n) is 7.11. The van der Waals surface area contributed by atoms with Gasteiger partial charge < -0.3 is 20.5 Å². The molecule has 0 atom stereocenters. The second kappa shape index (κ2) is 9.80. The van der Waals surface area contributed by atoms with Crippen molar-refractivity contribution in [3.63, 3.8) is 0 Å². The van der Waals surface area contributed by atoms with Crippen LogP contribution in [0.3, 0.4) is 0 Å². The van der Waals surface area contributed by atoms with Crippen LogP contribution in [0.2, 0.25) is 0 Å². The van der Waals surface area contributed by atoms with Crippen LogP contribution in [0.1, 0.15) is 23.2 Å². The number of nitrogens with zero attached hydrogens (tertiary/aromatic N) is 1. The number of hydrogen-bond acceptors (Lipinski definition) is 6. The number of ether oxygens (including phenoxy) is 2. The van der Waals surface area contributed by atoms with Crippen LogP contribution in [0.4, 0.5) is 0 Å². The third kappa shape index (κ3) is 5.74. The van der Waals surface area contributed by atoms with Gasteiger partial charge in [-0.05, 0) is 61.4 Å². The highest BCUT2D eigenvalue weighted by atomic mass is 32.2. The van der Waals surface area contributed by atoms with Crippen LogP contribution in [-0.4, -0.2) is 57.4 Å². The summed E-state index contributed by atoms with van der Waals surface area (Å²) in [5.74, 6) is 0.195. The monoisotopic (exact) mass is 447 g/mol. The van der Waals surface area contributed by atoms with Crippen molar-refractivity contribution >= 4 is 21.8 Å². The van der Waals surface area contributed by atoms with Crippen molar-refractivity contribution in [1.82, 2.24) is 9.62 Å². The highest BCUT2D eigenvalue weighted by molar-refractivity contribution is 7.89. The van der Waals surface area contributed by atoms with Crippen molar-refractivity contribution in [2.24, 2.45) is 5.73 Å². The van der Waals surface area contributed by atoms with Crippen LogP contribution in [0.15, 0.2) is 53.4 Å². The van der Waals surface area contributed by atoms with E-state index < -0.39 is 15.9 Å². The molecular formula is C21H25N3O6S. The van der Waals surface area contributed by atoms with E-state index in [1.807, 2.05) is 0 Å². The first-order valence-electron chi connectivity index (χ1n) is 9.76. The zero-order valence-corrected chi connectivity index (χ0v) is 17.9. The van der Waals surface area contributed by atoms with Crippen LogP contribution in [0, 0.1) is 0 Å². The maximum Gasteiger partial charge on any atom is 0.255 e. The average Bonchev–Trinajstić information content (AvgIpc) is 2.78. The molecule has 31 heavy (non-hydrogen) atoms. The number of nitrogens with two attached hydrogens (primary N) is 1. The molecule has 166 valence electrons. The summed E-state index contributed by atoms with van der Waals surface area (Å²) in [6.07, 6.45) is 1.03. The number of hydrogen-bond donors (Lipinski definition) is 2. The Morgan fingerprint density at radius 3 is 2.16 bits per heavy atom. The van der Waals surface area contributed by atoms with Crippen LogP contribution in [0.5, 0.6) is 11.5 Å². The third-order valence-electron chi connectivity index (χ3n) is 4.98. The van der Waals surface area contributed by atoms with E-state index in [4.69, 9.17) is 15.2 Å². The van der Waals surface area contributed by atoms with Gasteiger partial charge in [-0.3, -0.25) is 9.59 Å². The number of primary amides is 1. The largest absolute Gasteiger partial charge is 0.497 e. The van der Waals surface area contributed by atoms with E-state index in [0.717, 1.165) is 0 Å². The lowest BCUT2D eigenvalue weighted by Gasteiger charge is -2.31. The quantitative estimate of drug-likeness (QED) is 0.625. The van der Waals surface area contributed by atoms with Crippen LogP contribution in [-0.2, 0) is 14.8 Å². The molecule has 9 nitrogen and oxygen atoms in total. The molecule has 2 aromatic rings. The zero-order valence-electron chi connectivity index (χ0n) is 17.1. The van der Waals surface area contributed by atoms with Crippen molar-refractivity contribution < 1.29 is 27.5 Å². The number of methoxy groups -OCH3 is 1. The van der Waals surface area contributed by atoms with Crippen molar-refractivity contribution in [2.75, 3.05) is 26.8 Å². The molecule has 0 saturated carbocycles. The molecule has 1 saturated heterocycles. The van der Waals surface area contributed by atoms with Crippen molar-refractivity contribution in [1.29, 1.82) is 0 Å². The Bertz CT molecular complexity index is 1010. The Kier molecular flexibility index (Phi) is 7.13. The first-order valence-corrected chi connectivity index (χ1v) is 11.2. The van der Waals surface area contributed by atoms with Gasteiger partial charge in [0.05, 0.1) is 12.0 Å². The molecule has 0 spiro atoms. The van der Waals surface area contributed by atoms with E-state index >= 15 is 0 Å². The van der Waals surface area contributed by atoms with Gasteiger partial charge in [-0.15, -0.1) is 0 Å². The Labute approximate surface area is 181 Å². The molecule has 1 aliphatic heterocycles. The highest BCUT2D eigenvalue weighted by Gasteiger charge is 2.30. The molecule has 0 bridgehead atoms. The lowest BCUT2D eigenvalue weighted by Crippen LogP contribution is -2.46. The Morgan fingerprint density at radius 1 is 1.03 bits per heavy atom. The molecule has 3 rings (SSSR count). The van der Waals surface area contributed by atoms with E-state index in [1.54, 1.807) is 36.4 Å². The zero-order chi connectivity index (χ0) is 22.4. The van der Waals surface area contributed by atoms with Gasteiger partial charge in [-0.1, -0.05) is 0 Å². The minimum absolute atomic E-state index is 0.124. The summed E-state index contributed by atoms with van der Waals surface area (Å²) in [5.41, 5.74) is 5.47. The summed E-state index contributed by atoms with van der Waals surface area (Å²) in [5, 5.41) is 2.94. The van der Waals surface area contributed by atoms with Gasteiger partial charge >= 0.3 is 0 Å². The molecule has 10 heteroatoms. The number of sulfonamides is 1. The Balaban J connectivity index is 1.53. The fraction of sp³-hybridized carbons (Fsp3) is 0.333. The molecular weight excluding hydrogens is 422 g/mol. The standard InChI is InChI=1S/C21H25N3O6S/c1-29-17-6-8-19(9-7-17)31(27,28)24-12-10-16(11-13-24)23-21(26)15-2-4-18(5-3-15)30-14-20(22)25/h2-9,16H,10-14H2,1H3,(H2,22,25)(H,23,26).